The van der Waals surface area contributed by atoms with Crippen molar-refractivity contribution in [2.45, 2.75) is 44.9 Å². The fourth-order valence-corrected chi connectivity index (χ4v) is 4.88. The van der Waals surface area contributed by atoms with Gasteiger partial charge in [0.15, 0.2) is 0 Å². The molecule has 1 heterocycles. The Hall–Kier alpha value is -2.10. The highest BCUT2D eigenvalue weighted by molar-refractivity contribution is 5.76. The summed E-state index contributed by atoms with van der Waals surface area (Å²) >= 11 is 0. The van der Waals surface area contributed by atoms with E-state index in [-0.39, 0.29) is 0 Å². The third-order valence-corrected chi connectivity index (χ3v) is 6.39. The van der Waals surface area contributed by atoms with Gasteiger partial charge in [0.1, 0.15) is 0 Å². The fraction of sp³-hybridized carbons (Fsp3) is 0.545. The average Bonchev–Trinajstić information content (AvgIpc) is 3.39. The number of benzene rings is 1. The molecule has 26 heavy (non-hydrogen) atoms. The molecule has 1 amide bonds. The summed E-state index contributed by atoms with van der Waals surface area (Å²) in [7, 11) is 1.96. The van der Waals surface area contributed by atoms with E-state index < -0.39 is 0 Å². The summed E-state index contributed by atoms with van der Waals surface area (Å²) in [5, 5.41) is 7.53. The zero-order chi connectivity index (χ0) is 17.9. The van der Waals surface area contributed by atoms with Crippen molar-refractivity contribution in [1.29, 1.82) is 0 Å². The first-order valence-electron chi connectivity index (χ1n) is 10.0. The number of aromatic nitrogens is 2. The van der Waals surface area contributed by atoms with Crippen molar-refractivity contribution in [1.82, 2.24) is 15.1 Å². The maximum absolute atomic E-state index is 12.5. The minimum absolute atomic E-state index is 0.331. The molecule has 4 nitrogen and oxygen atoms in total. The lowest BCUT2D eigenvalue weighted by atomic mass is 9.86. The number of hydrogen-bond donors (Lipinski definition) is 1. The topological polar surface area (TPSA) is 49.0 Å². The van der Waals surface area contributed by atoms with Gasteiger partial charge in [-0.1, -0.05) is 36.8 Å². The van der Waals surface area contributed by atoms with Gasteiger partial charge in [-0.3, -0.25) is 9.89 Å². The molecule has 3 unspecified atom stereocenters. The molecule has 2 aliphatic carbocycles. The second-order valence-corrected chi connectivity index (χ2v) is 8.20. The SMILES string of the molecule is CN(CCCc1cc(-c2ccccc2)n[nH]1)C(=O)CC1CC2CCC1C2. The molecular weight excluding hydrogens is 322 g/mol. The van der Waals surface area contributed by atoms with Crippen LogP contribution in [0.2, 0.25) is 0 Å². The van der Waals surface area contributed by atoms with E-state index >= 15 is 0 Å². The Morgan fingerprint density at radius 3 is 2.81 bits per heavy atom. The molecule has 1 aromatic heterocycles. The summed E-state index contributed by atoms with van der Waals surface area (Å²) in [6.45, 7) is 0.819. The van der Waals surface area contributed by atoms with Gasteiger partial charge in [-0.25, -0.2) is 0 Å². The van der Waals surface area contributed by atoms with Crippen LogP contribution in [0, 0.1) is 17.8 Å². The van der Waals surface area contributed by atoms with E-state index in [1.165, 1.54) is 25.7 Å². The van der Waals surface area contributed by atoms with E-state index in [0.717, 1.165) is 54.6 Å². The van der Waals surface area contributed by atoms with Gasteiger partial charge in [0.2, 0.25) is 5.91 Å². The van der Waals surface area contributed by atoms with Crippen molar-refractivity contribution in [2.75, 3.05) is 13.6 Å². The second kappa shape index (κ2) is 7.65. The molecule has 2 aromatic rings. The highest BCUT2D eigenvalue weighted by atomic mass is 16.2. The van der Waals surface area contributed by atoms with Crippen LogP contribution in [-0.2, 0) is 11.2 Å². The van der Waals surface area contributed by atoms with Crippen LogP contribution in [0.15, 0.2) is 36.4 Å². The van der Waals surface area contributed by atoms with E-state index in [1.807, 2.05) is 30.1 Å². The molecule has 0 radical (unpaired) electrons. The lowest BCUT2D eigenvalue weighted by molar-refractivity contribution is -0.131. The largest absolute Gasteiger partial charge is 0.346 e. The summed E-state index contributed by atoms with van der Waals surface area (Å²) in [5.74, 6) is 2.74. The normalized spacial score (nSPS) is 24.1. The van der Waals surface area contributed by atoms with E-state index in [4.69, 9.17) is 0 Å². The lowest BCUT2D eigenvalue weighted by Crippen LogP contribution is -2.30. The van der Waals surface area contributed by atoms with Crippen LogP contribution in [0.5, 0.6) is 0 Å². The molecule has 2 bridgehead atoms. The second-order valence-electron chi connectivity index (χ2n) is 8.20. The van der Waals surface area contributed by atoms with Gasteiger partial charge in [-0.2, -0.15) is 5.10 Å². The van der Waals surface area contributed by atoms with Crippen molar-refractivity contribution < 1.29 is 4.79 Å². The number of H-pyrrole nitrogens is 1. The van der Waals surface area contributed by atoms with Gasteiger partial charge in [0, 0.05) is 31.3 Å². The molecule has 4 rings (SSSR count). The highest BCUT2D eigenvalue weighted by Gasteiger charge is 2.40. The van der Waals surface area contributed by atoms with Gasteiger partial charge in [0.05, 0.1) is 5.69 Å². The zero-order valence-corrected chi connectivity index (χ0v) is 15.7. The van der Waals surface area contributed by atoms with E-state index in [0.29, 0.717) is 11.8 Å². The van der Waals surface area contributed by atoms with Crippen molar-refractivity contribution in [3.05, 3.63) is 42.1 Å². The quantitative estimate of drug-likeness (QED) is 0.809. The molecule has 4 heteroatoms. The zero-order valence-electron chi connectivity index (χ0n) is 15.7. The number of amides is 1. The van der Waals surface area contributed by atoms with E-state index in [9.17, 15) is 4.79 Å². The molecule has 138 valence electrons. The van der Waals surface area contributed by atoms with Crippen LogP contribution in [0.25, 0.3) is 11.3 Å². The molecule has 0 aliphatic heterocycles. The highest BCUT2D eigenvalue weighted by Crippen LogP contribution is 2.49. The van der Waals surface area contributed by atoms with Gasteiger partial charge < -0.3 is 4.90 Å². The number of fused-ring (bicyclic) bond motifs is 2. The number of nitrogens with one attached hydrogen (secondary N) is 1. The van der Waals surface area contributed by atoms with E-state index in [1.54, 1.807) is 0 Å². The van der Waals surface area contributed by atoms with Crippen LogP contribution in [0.1, 0.15) is 44.2 Å². The first-order chi connectivity index (χ1) is 12.7. The van der Waals surface area contributed by atoms with Crippen LogP contribution in [0.3, 0.4) is 0 Å². The molecule has 1 aromatic carbocycles. The molecule has 0 spiro atoms. The first kappa shape index (κ1) is 17.3. The Morgan fingerprint density at radius 1 is 1.23 bits per heavy atom. The average molecular weight is 351 g/mol. The van der Waals surface area contributed by atoms with Crippen LogP contribution in [-0.4, -0.2) is 34.6 Å². The number of nitrogens with zero attached hydrogens (tertiary/aromatic N) is 2. The Morgan fingerprint density at radius 2 is 2.08 bits per heavy atom. The molecular formula is C22H29N3O. The Kier molecular flexibility index (Phi) is 5.09. The number of rotatable bonds is 7. The first-order valence-corrected chi connectivity index (χ1v) is 10.0. The van der Waals surface area contributed by atoms with Crippen molar-refractivity contribution in [2.24, 2.45) is 17.8 Å². The number of hydrogen-bond acceptors (Lipinski definition) is 2. The molecule has 3 atom stereocenters. The van der Waals surface area contributed by atoms with Gasteiger partial charge in [-0.05, 0) is 55.9 Å². The van der Waals surface area contributed by atoms with Crippen molar-refractivity contribution >= 4 is 5.91 Å². The standard InChI is InChI=1S/C22H29N3O/c1-25(22(26)14-19-13-16-9-10-18(19)12-16)11-5-8-20-15-21(24-23-20)17-6-3-2-4-7-17/h2-4,6-7,15-16,18-19H,5,8-14H2,1H3,(H,23,24). The number of aryl methyl sites for hydroxylation is 1. The summed E-state index contributed by atoms with van der Waals surface area (Å²) in [6, 6.07) is 12.3. The summed E-state index contributed by atoms with van der Waals surface area (Å²) in [6.07, 6.45) is 8.09. The van der Waals surface area contributed by atoms with Crippen LogP contribution in [0.4, 0.5) is 0 Å². The Balaban J connectivity index is 1.22. The minimum atomic E-state index is 0.331. The third kappa shape index (κ3) is 3.84. The summed E-state index contributed by atoms with van der Waals surface area (Å²) in [5.41, 5.74) is 3.26. The lowest BCUT2D eigenvalue weighted by Gasteiger charge is -2.24. The van der Waals surface area contributed by atoms with Gasteiger partial charge in [0.25, 0.3) is 0 Å². The summed E-state index contributed by atoms with van der Waals surface area (Å²) in [4.78, 5) is 14.4. The smallest absolute Gasteiger partial charge is 0.222 e. The molecule has 2 aliphatic rings. The monoisotopic (exact) mass is 351 g/mol. The third-order valence-electron chi connectivity index (χ3n) is 6.39. The number of carbonyl (C=O) groups excluding carboxylic acids is 1. The molecule has 2 fully saturated rings. The maximum Gasteiger partial charge on any atom is 0.222 e. The number of aromatic amines is 1. The molecule has 2 saturated carbocycles. The minimum Gasteiger partial charge on any atom is -0.346 e. The Labute approximate surface area is 156 Å². The Bertz CT molecular complexity index is 739. The fourth-order valence-electron chi connectivity index (χ4n) is 4.88. The van der Waals surface area contributed by atoms with Gasteiger partial charge in [-0.15, -0.1) is 0 Å². The predicted octanol–water partition coefficient (Wildman–Crippen LogP) is 4.29. The van der Waals surface area contributed by atoms with Crippen LogP contribution < -0.4 is 0 Å². The molecule has 0 saturated heterocycles. The van der Waals surface area contributed by atoms with E-state index in [2.05, 4.69) is 28.4 Å². The van der Waals surface area contributed by atoms with Crippen molar-refractivity contribution in [3.8, 4) is 11.3 Å². The van der Waals surface area contributed by atoms with Gasteiger partial charge >= 0.3 is 0 Å². The molecule has 1 N–H and O–H groups in total. The predicted molar refractivity (Wildman–Crippen MR) is 104 cm³/mol. The summed E-state index contributed by atoms with van der Waals surface area (Å²) < 4.78 is 0. The van der Waals surface area contributed by atoms with Crippen molar-refractivity contribution in [3.63, 3.8) is 0 Å². The van der Waals surface area contributed by atoms with Crippen LogP contribution >= 0.6 is 0 Å². The number of carbonyl (C=O) groups is 1. The maximum atomic E-state index is 12.5.